The highest BCUT2D eigenvalue weighted by molar-refractivity contribution is 5.70. The van der Waals surface area contributed by atoms with Gasteiger partial charge >= 0.3 is 5.97 Å². The van der Waals surface area contributed by atoms with E-state index in [1.165, 1.54) is 0 Å². The molecule has 1 aromatic heterocycles. The minimum atomic E-state index is -0.879. The Morgan fingerprint density at radius 1 is 1.12 bits per heavy atom. The number of aromatic nitrogens is 2. The van der Waals surface area contributed by atoms with Gasteiger partial charge in [0.1, 0.15) is 0 Å². The van der Waals surface area contributed by atoms with E-state index in [1.54, 1.807) is 12.4 Å². The van der Waals surface area contributed by atoms with Gasteiger partial charge in [-0.05, 0) is 5.56 Å². The van der Waals surface area contributed by atoms with Crippen LogP contribution in [0.25, 0.3) is 11.4 Å². The molecule has 0 unspecified atom stereocenters. The van der Waals surface area contributed by atoms with Gasteiger partial charge in [0.2, 0.25) is 0 Å². The van der Waals surface area contributed by atoms with Crippen molar-refractivity contribution in [3.05, 3.63) is 48.3 Å². The van der Waals surface area contributed by atoms with Gasteiger partial charge < -0.3 is 5.11 Å². The summed E-state index contributed by atoms with van der Waals surface area (Å²) in [6, 6.07) is 9.55. The number of benzene rings is 1. The molecule has 2 aromatic rings. The zero-order chi connectivity index (χ0) is 11.4. The number of rotatable bonds is 3. The van der Waals surface area contributed by atoms with Crippen LogP contribution in [-0.2, 0) is 11.2 Å². The second kappa shape index (κ2) is 4.53. The third-order valence-electron chi connectivity index (χ3n) is 2.09. The zero-order valence-corrected chi connectivity index (χ0v) is 8.50. The number of carboxylic acid groups (broad SMARTS) is 1. The van der Waals surface area contributed by atoms with Gasteiger partial charge in [0.05, 0.1) is 6.42 Å². The normalized spacial score (nSPS) is 10.0. The van der Waals surface area contributed by atoms with Crippen molar-refractivity contribution in [2.24, 2.45) is 0 Å². The Morgan fingerprint density at radius 3 is 2.31 bits per heavy atom. The van der Waals surface area contributed by atoms with Crippen LogP contribution < -0.4 is 0 Å². The quantitative estimate of drug-likeness (QED) is 0.845. The van der Waals surface area contributed by atoms with Gasteiger partial charge in [-0.2, -0.15) is 0 Å². The van der Waals surface area contributed by atoms with Crippen LogP contribution in [0.3, 0.4) is 0 Å². The lowest BCUT2D eigenvalue weighted by atomic mass is 10.2. The van der Waals surface area contributed by atoms with Gasteiger partial charge in [0.25, 0.3) is 0 Å². The summed E-state index contributed by atoms with van der Waals surface area (Å²) in [4.78, 5) is 18.7. The lowest BCUT2D eigenvalue weighted by molar-refractivity contribution is -0.136. The minimum Gasteiger partial charge on any atom is -0.481 e. The van der Waals surface area contributed by atoms with Crippen LogP contribution in [0, 0.1) is 0 Å². The number of carbonyl (C=O) groups is 1. The number of hydrogen-bond acceptors (Lipinski definition) is 3. The van der Waals surface area contributed by atoms with Crippen LogP contribution in [0.2, 0.25) is 0 Å². The summed E-state index contributed by atoms with van der Waals surface area (Å²) >= 11 is 0. The van der Waals surface area contributed by atoms with E-state index < -0.39 is 5.97 Å². The number of aliphatic carboxylic acids is 1. The standard InChI is InChI=1S/C12H10N2O2/c15-11(16)6-9-7-13-12(14-8-9)10-4-2-1-3-5-10/h1-5,7-8H,6H2,(H,15,16). The summed E-state index contributed by atoms with van der Waals surface area (Å²) in [5, 5.41) is 8.60. The van der Waals surface area contributed by atoms with E-state index in [4.69, 9.17) is 5.11 Å². The van der Waals surface area contributed by atoms with Crippen LogP contribution in [0.5, 0.6) is 0 Å². The summed E-state index contributed by atoms with van der Waals surface area (Å²) in [5.41, 5.74) is 1.52. The topological polar surface area (TPSA) is 63.1 Å². The van der Waals surface area contributed by atoms with E-state index in [2.05, 4.69) is 9.97 Å². The summed E-state index contributed by atoms with van der Waals surface area (Å²) in [5.74, 6) is -0.272. The number of nitrogens with zero attached hydrogens (tertiary/aromatic N) is 2. The van der Waals surface area contributed by atoms with Crippen molar-refractivity contribution in [3.8, 4) is 11.4 Å². The maximum atomic E-state index is 10.5. The molecule has 1 heterocycles. The lowest BCUT2D eigenvalue weighted by Crippen LogP contribution is -2.01. The molecular formula is C12H10N2O2. The molecule has 2 rings (SSSR count). The molecule has 80 valence electrons. The van der Waals surface area contributed by atoms with Crippen molar-refractivity contribution >= 4 is 5.97 Å². The first-order chi connectivity index (χ1) is 7.75. The first-order valence-corrected chi connectivity index (χ1v) is 4.84. The molecule has 0 saturated carbocycles. The predicted octanol–water partition coefficient (Wildman–Crippen LogP) is 1.77. The molecule has 0 bridgehead atoms. The van der Waals surface area contributed by atoms with Gasteiger partial charge in [-0.3, -0.25) is 4.79 Å². The van der Waals surface area contributed by atoms with Gasteiger partial charge in [-0.25, -0.2) is 9.97 Å². The summed E-state index contributed by atoms with van der Waals surface area (Å²) in [6.45, 7) is 0. The zero-order valence-electron chi connectivity index (χ0n) is 8.50. The highest BCUT2D eigenvalue weighted by atomic mass is 16.4. The Kier molecular flexibility index (Phi) is 2.91. The second-order valence-electron chi connectivity index (χ2n) is 3.35. The smallest absolute Gasteiger partial charge is 0.307 e. The fraction of sp³-hybridized carbons (Fsp3) is 0.0833. The van der Waals surface area contributed by atoms with Crippen molar-refractivity contribution in [2.75, 3.05) is 0 Å². The predicted molar refractivity (Wildman–Crippen MR) is 58.8 cm³/mol. The monoisotopic (exact) mass is 214 g/mol. The van der Waals surface area contributed by atoms with Gasteiger partial charge in [0, 0.05) is 18.0 Å². The molecule has 0 radical (unpaired) electrons. The highest BCUT2D eigenvalue weighted by Crippen LogP contribution is 2.13. The molecule has 4 heteroatoms. The maximum absolute atomic E-state index is 10.5. The van der Waals surface area contributed by atoms with Gasteiger partial charge in [0.15, 0.2) is 5.82 Å². The SMILES string of the molecule is O=C(O)Cc1cnc(-c2ccccc2)nc1. The molecule has 1 aromatic carbocycles. The van der Waals surface area contributed by atoms with Crippen LogP contribution >= 0.6 is 0 Å². The first-order valence-electron chi connectivity index (χ1n) is 4.84. The van der Waals surface area contributed by atoms with E-state index >= 15 is 0 Å². The summed E-state index contributed by atoms with van der Waals surface area (Å²) < 4.78 is 0. The molecule has 0 fully saturated rings. The fourth-order valence-electron chi connectivity index (χ4n) is 1.36. The van der Waals surface area contributed by atoms with Crippen LogP contribution in [-0.4, -0.2) is 21.0 Å². The molecule has 0 saturated heterocycles. The van der Waals surface area contributed by atoms with E-state index in [0.29, 0.717) is 11.4 Å². The fourth-order valence-corrected chi connectivity index (χ4v) is 1.36. The third-order valence-corrected chi connectivity index (χ3v) is 2.09. The molecule has 1 N–H and O–H groups in total. The average molecular weight is 214 g/mol. The van der Waals surface area contributed by atoms with E-state index in [-0.39, 0.29) is 6.42 Å². The van der Waals surface area contributed by atoms with Crippen molar-refractivity contribution in [3.63, 3.8) is 0 Å². The average Bonchev–Trinajstić information content (AvgIpc) is 2.30. The summed E-state index contributed by atoms with van der Waals surface area (Å²) in [6.07, 6.45) is 3.04. The molecule has 4 nitrogen and oxygen atoms in total. The maximum Gasteiger partial charge on any atom is 0.307 e. The molecular weight excluding hydrogens is 204 g/mol. The second-order valence-corrected chi connectivity index (χ2v) is 3.35. The van der Waals surface area contributed by atoms with Gasteiger partial charge in [-0.15, -0.1) is 0 Å². The van der Waals surface area contributed by atoms with E-state index in [1.807, 2.05) is 30.3 Å². The number of carboxylic acids is 1. The van der Waals surface area contributed by atoms with Crippen molar-refractivity contribution < 1.29 is 9.90 Å². The van der Waals surface area contributed by atoms with E-state index in [0.717, 1.165) is 5.56 Å². The molecule has 0 spiro atoms. The number of hydrogen-bond donors (Lipinski definition) is 1. The largest absolute Gasteiger partial charge is 0.481 e. The molecule has 0 amide bonds. The molecule has 0 aliphatic rings. The minimum absolute atomic E-state index is 0.0466. The first kappa shape index (κ1) is 10.3. The molecule has 16 heavy (non-hydrogen) atoms. The van der Waals surface area contributed by atoms with Gasteiger partial charge in [-0.1, -0.05) is 30.3 Å². The van der Waals surface area contributed by atoms with Crippen molar-refractivity contribution in [1.29, 1.82) is 0 Å². The molecule has 0 aliphatic heterocycles. The third kappa shape index (κ3) is 2.42. The highest BCUT2D eigenvalue weighted by Gasteiger charge is 2.03. The molecule has 0 aliphatic carbocycles. The Bertz CT molecular complexity index is 480. The van der Waals surface area contributed by atoms with Crippen molar-refractivity contribution in [1.82, 2.24) is 9.97 Å². The van der Waals surface area contributed by atoms with Crippen LogP contribution in [0.4, 0.5) is 0 Å². The Labute approximate surface area is 92.6 Å². The Hall–Kier alpha value is -2.23. The molecule has 0 atom stereocenters. The van der Waals surface area contributed by atoms with Crippen molar-refractivity contribution in [2.45, 2.75) is 6.42 Å². The lowest BCUT2D eigenvalue weighted by Gasteiger charge is -2.00. The van der Waals surface area contributed by atoms with Crippen LogP contribution in [0.1, 0.15) is 5.56 Å². The summed E-state index contributed by atoms with van der Waals surface area (Å²) in [7, 11) is 0. The van der Waals surface area contributed by atoms with Crippen LogP contribution in [0.15, 0.2) is 42.7 Å². The van der Waals surface area contributed by atoms with E-state index in [9.17, 15) is 4.79 Å². The Morgan fingerprint density at radius 2 is 1.75 bits per heavy atom. The Balaban J connectivity index is 2.23.